The number of benzene rings is 2. The van der Waals surface area contributed by atoms with Crippen LogP contribution in [0.3, 0.4) is 0 Å². The molecule has 0 fully saturated rings. The molecule has 0 atom stereocenters. The van der Waals surface area contributed by atoms with E-state index >= 15 is 0 Å². The minimum atomic E-state index is -0.379. The van der Waals surface area contributed by atoms with Crippen LogP contribution < -0.4 is 15.4 Å². The fourth-order valence-corrected chi connectivity index (χ4v) is 2.44. The van der Waals surface area contributed by atoms with E-state index in [-0.39, 0.29) is 17.4 Å². The van der Waals surface area contributed by atoms with Crippen LogP contribution in [0.5, 0.6) is 5.75 Å². The molecular weight excluding hydrogens is 356 g/mol. The highest BCUT2D eigenvalue weighted by Crippen LogP contribution is 2.19. The molecule has 0 aliphatic carbocycles. The van der Waals surface area contributed by atoms with Crippen LogP contribution in [0.4, 0.5) is 17.2 Å². The molecule has 3 rings (SSSR count). The molecule has 0 saturated carbocycles. The van der Waals surface area contributed by atoms with E-state index in [9.17, 15) is 9.59 Å². The molecule has 0 saturated heterocycles. The van der Waals surface area contributed by atoms with Crippen molar-refractivity contribution in [3.63, 3.8) is 0 Å². The van der Waals surface area contributed by atoms with Crippen LogP contribution in [0, 0.1) is 0 Å². The van der Waals surface area contributed by atoms with E-state index in [1.54, 1.807) is 24.3 Å². The van der Waals surface area contributed by atoms with Gasteiger partial charge in [0.15, 0.2) is 5.78 Å². The summed E-state index contributed by atoms with van der Waals surface area (Å²) < 4.78 is 5.40. The van der Waals surface area contributed by atoms with Gasteiger partial charge in [-0.3, -0.25) is 9.59 Å². The molecule has 0 unspecified atom stereocenters. The smallest absolute Gasteiger partial charge is 0.275 e. The fourth-order valence-electron chi connectivity index (χ4n) is 2.44. The summed E-state index contributed by atoms with van der Waals surface area (Å²) in [5.41, 5.74) is 2.18. The number of carbonyl (C=O) groups excluding carboxylic acids is 2. The van der Waals surface area contributed by atoms with Crippen LogP contribution in [0.25, 0.3) is 0 Å². The predicted octanol–water partition coefficient (Wildman–Crippen LogP) is 4.07. The van der Waals surface area contributed by atoms with Gasteiger partial charge in [0.05, 0.1) is 19.0 Å². The van der Waals surface area contributed by atoms with Crippen LogP contribution in [0.2, 0.25) is 0 Å². The first-order valence-electron chi connectivity index (χ1n) is 8.79. The number of amides is 1. The Kier molecular flexibility index (Phi) is 5.96. The molecule has 0 aliphatic rings. The van der Waals surface area contributed by atoms with Crippen LogP contribution >= 0.6 is 0 Å². The highest BCUT2D eigenvalue weighted by molar-refractivity contribution is 6.03. The number of ketones is 1. The SMILES string of the molecule is CCOc1ccc(Nc2cnc(C(=O)Nc3ccc(C(C)=O)cc3)cn2)cc1. The Balaban J connectivity index is 1.61. The second-order valence-corrected chi connectivity index (χ2v) is 5.96. The molecule has 0 spiro atoms. The number of Topliss-reactive ketones (excluding diaryl/α,β-unsaturated/α-hetero) is 1. The lowest BCUT2D eigenvalue weighted by molar-refractivity contribution is 0.101. The molecule has 0 bridgehead atoms. The molecule has 7 nitrogen and oxygen atoms in total. The van der Waals surface area contributed by atoms with E-state index < -0.39 is 0 Å². The molecule has 1 aromatic heterocycles. The van der Waals surface area contributed by atoms with Gasteiger partial charge in [-0.1, -0.05) is 0 Å². The van der Waals surface area contributed by atoms with Gasteiger partial charge in [-0.15, -0.1) is 0 Å². The zero-order chi connectivity index (χ0) is 19.9. The summed E-state index contributed by atoms with van der Waals surface area (Å²) in [7, 11) is 0. The molecule has 2 N–H and O–H groups in total. The number of ether oxygens (including phenoxy) is 1. The van der Waals surface area contributed by atoms with Crippen molar-refractivity contribution < 1.29 is 14.3 Å². The molecule has 0 radical (unpaired) electrons. The second-order valence-electron chi connectivity index (χ2n) is 5.96. The number of anilines is 3. The summed E-state index contributed by atoms with van der Waals surface area (Å²) in [5.74, 6) is 0.907. The van der Waals surface area contributed by atoms with Crippen LogP contribution in [-0.2, 0) is 0 Å². The number of carbonyl (C=O) groups is 2. The highest BCUT2D eigenvalue weighted by Gasteiger charge is 2.09. The topological polar surface area (TPSA) is 93.2 Å². The maximum atomic E-state index is 12.3. The van der Waals surface area contributed by atoms with Gasteiger partial charge >= 0.3 is 0 Å². The molecule has 0 aliphatic heterocycles. The van der Waals surface area contributed by atoms with Crippen LogP contribution in [-0.4, -0.2) is 28.3 Å². The third-order valence-electron chi connectivity index (χ3n) is 3.87. The fraction of sp³-hybridized carbons (Fsp3) is 0.143. The molecule has 28 heavy (non-hydrogen) atoms. The maximum absolute atomic E-state index is 12.3. The number of nitrogens with zero attached hydrogens (tertiary/aromatic N) is 2. The van der Waals surface area contributed by atoms with Crippen molar-refractivity contribution in [2.45, 2.75) is 13.8 Å². The quantitative estimate of drug-likeness (QED) is 0.604. The Bertz CT molecular complexity index is 952. The first kappa shape index (κ1) is 19.0. The molecule has 7 heteroatoms. The van der Waals surface area contributed by atoms with E-state index in [2.05, 4.69) is 20.6 Å². The van der Waals surface area contributed by atoms with Crippen molar-refractivity contribution in [1.29, 1.82) is 0 Å². The Morgan fingerprint density at radius 2 is 1.61 bits per heavy atom. The van der Waals surface area contributed by atoms with Crippen molar-refractivity contribution in [3.8, 4) is 5.75 Å². The Morgan fingerprint density at radius 3 is 2.18 bits per heavy atom. The maximum Gasteiger partial charge on any atom is 0.275 e. The van der Waals surface area contributed by atoms with E-state index in [0.29, 0.717) is 23.7 Å². The van der Waals surface area contributed by atoms with Crippen molar-refractivity contribution in [3.05, 3.63) is 72.2 Å². The largest absolute Gasteiger partial charge is 0.494 e. The lowest BCUT2D eigenvalue weighted by Gasteiger charge is -2.08. The monoisotopic (exact) mass is 376 g/mol. The van der Waals surface area contributed by atoms with E-state index in [0.717, 1.165) is 11.4 Å². The average molecular weight is 376 g/mol. The normalized spacial score (nSPS) is 10.2. The van der Waals surface area contributed by atoms with Crippen molar-refractivity contribution in [1.82, 2.24) is 9.97 Å². The third-order valence-corrected chi connectivity index (χ3v) is 3.87. The Hall–Kier alpha value is -3.74. The number of aromatic nitrogens is 2. The number of nitrogens with one attached hydrogen (secondary N) is 2. The molecule has 3 aromatic rings. The van der Waals surface area contributed by atoms with Gasteiger partial charge in [-0.2, -0.15) is 0 Å². The van der Waals surface area contributed by atoms with Gasteiger partial charge in [0.1, 0.15) is 17.3 Å². The van der Waals surface area contributed by atoms with Gasteiger partial charge in [0, 0.05) is 16.9 Å². The average Bonchev–Trinajstić information content (AvgIpc) is 2.70. The first-order chi connectivity index (χ1) is 13.5. The van der Waals surface area contributed by atoms with Gasteiger partial charge < -0.3 is 15.4 Å². The van der Waals surface area contributed by atoms with Crippen LogP contribution in [0.15, 0.2) is 60.9 Å². The highest BCUT2D eigenvalue weighted by atomic mass is 16.5. The summed E-state index contributed by atoms with van der Waals surface area (Å²) >= 11 is 0. The number of hydrogen-bond donors (Lipinski definition) is 2. The first-order valence-corrected chi connectivity index (χ1v) is 8.79. The lowest BCUT2D eigenvalue weighted by Crippen LogP contribution is -2.14. The zero-order valence-electron chi connectivity index (χ0n) is 15.6. The lowest BCUT2D eigenvalue weighted by atomic mass is 10.1. The molecule has 1 amide bonds. The summed E-state index contributed by atoms with van der Waals surface area (Å²) in [4.78, 5) is 31.9. The minimum absolute atomic E-state index is 0.0284. The molecule has 1 heterocycles. The summed E-state index contributed by atoms with van der Waals surface area (Å²) in [6.45, 7) is 4.04. The Morgan fingerprint density at radius 1 is 0.929 bits per heavy atom. The van der Waals surface area contributed by atoms with Gasteiger partial charge in [0.2, 0.25) is 0 Å². The van der Waals surface area contributed by atoms with E-state index in [1.807, 2.05) is 31.2 Å². The summed E-state index contributed by atoms with van der Waals surface area (Å²) in [6.07, 6.45) is 2.89. The van der Waals surface area contributed by atoms with E-state index in [4.69, 9.17) is 4.74 Å². The molecule has 142 valence electrons. The molecular formula is C21H20N4O3. The zero-order valence-corrected chi connectivity index (χ0v) is 15.6. The third kappa shape index (κ3) is 4.91. The van der Waals surface area contributed by atoms with Crippen molar-refractivity contribution in [2.24, 2.45) is 0 Å². The molecule has 2 aromatic carbocycles. The van der Waals surface area contributed by atoms with Crippen molar-refractivity contribution >= 4 is 28.9 Å². The number of hydrogen-bond acceptors (Lipinski definition) is 6. The summed E-state index contributed by atoms with van der Waals surface area (Å²) in [6, 6.07) is 14.1. The second kappa shape index (κ2) is 8.77. The summed E-state index contributed by atoms with van der Waals surface area (Å²) in [5, 5.41) is 5.84. The number of rotatable bonds is 7. The van der Waals surface area contributed by atoms with Gasteiger partial charge in [0.25, 0.3) is 5.91 Å². The van der Waals surface area contributed by atoms with Crippen LogP contribution in [0.1, 0.15) is 34.7 Å². The van der Waals surface area contributed by atoms with E-state index in [1.165, 1.54) is 19.3 Å². The Labute approximate surface area is 162 Å². The standard InChI is InChI=1S/C21H20N4O3/c1-3-28-18-10-8-16(9-11-18)24-20-13-22-19(12-23-20)21(27)25-17-6-4-15(5-7-17)14(2)26/h4-13H,3H2,1-2H3,(H,23,24)(H,25,27). The van der Waals surface area contributed by atoms with Crippen molar-refractivity contribution in [2.75, 3.05) is 17.2 Å². The van der Waals surface area contributed by atoms with Gasteiger partial charge in [-0.05, 0) is 62.4 Å². The predicted molar refractivity (Wildman–Crippen MR) is 107 cm³/mol. The minimum Gasteiger partial charge on any atom is -0.494 e. The van der Waals surface area contributed by atoms with Gasteiger partial charge in [-0.25, -0.2) is 9.97 Å².